The van der Waals surface area contributed by atoms with Crippen molar-refractivity contribution in [1.82, 2.24) is 0 Å². The molecule has 158 valence electrons. The molecular formula is C32H25N. The third kappa shape index (κ3) is 2.25. The summed E-state index contributed by atoms with van der Waals surface area (Å²) in [5.41, 5.74) is 5.92. The van der Waals surface area contributed by atoms with Gasteiger partial charge in [0.15, 0.2) is 0 Å². The van der Waals surface area contributed by atoms with Crippen LogP contribution in [-0.4, -0.2) is 0 Å². The van der Waals surface area contributed by atoms with E-state index in [2.05, 4.69) is 78.9 Å². The third-order valence-electron chi connectivity index (χ3n) is 8.64. The van der Waals surface area contributed by atoms with Crippen LogP contribution in [0.2, 0.25) is 0 Å². The molecule has 0 radical (unpaired) electrons. The molecule has 0 saturated heterocycles. The van der Waals surface area contributed by atoms with Crippen LogP contribution in [0.3, 0.4) is 0 Å². The van der Waals surface area contributed by atoms with E-state index in [0.29, 0.717) is 5.41 Å². The second kappa shape index (κ2) is 6.32. The summed E-state index contributed by atoms with van der Waals surface area (Å²) < 4.78 is 0. The Morgan fingerprint density at radius 1 is 0.697 bits per heavy atom. The lowest BCUT2D eigenvalue weighted by molar-refractivity contribution is 0.249. The highest BCUT2D eigenvalue weighted by Gasteiger charge is 2.40. The second-order valence-corrected chi connectivity index (χ2v) is 10.3. The Hall–Kier alpha value is -3.45. The molecule has 0 N–H and O–H groups in total. The fraction of sp³-hybridized carbons (Fsp3) is 0.219. The molecule has 1 spiro atoms. The van der Waals surface area contributed by atoms with E-state index < -0.39 is 0 Å². The van der Waals surface area contributed by atoms with E-state index in [1.807, 2.05) is 0 Å². The monoisotopic (exact) mass is 423 g/mol. The molecule has 3 aliphatic carbocycles. The molecule has 1 saturated carbocycles. The molecule has 1 nitrogen and oxygen atoms in total. The van der Waals surface area contributed by atoms with Gasteiger partial charge in [-0.05, 0) is 74.7 Å². The number of hydrogen-bond acceptors (Lipinski definition) is 1. The average Bonchev–Trinajstić information content (AvgIpc) is 3.45. The van der Waals surface area contributed by atoms with E-state index in [1.165, 1.54) is 92.5 Å². The van der Waals surface area contributed by atoms with Crippen LogP contribution in [0, 0.1) is 15.9 Å². The van der Waals surface area contributed by atoms with Crippen molar-refractivity contribution in [3.05, 3.63) is 105 Å². The van der Waals surface area contributed by atoms with Crippen molar-refractivity contribution < 1.29 is 0 Å². The Labute approximate surface area is 192 Å². The zero-order valence-electron chi connectivity index (χ0n) is 18.7. The number of benzene rings is 4. The Bertz CT molecular complexity index is 1810. The summed E-state index contributed by atoms with van der Waals surface area (Å²) in [6.45, 7) is 0. The van der Waals surface area contributed by atoms with Crippen LogP contribution in [0.1, 0.15) is 44.1 Å². The molecule has 0 atom stereocenters. The van der Waals surface area contributed by atoms with Crippen LogP contribution in [-0.2, 0) is 0 Å². The lowest BCUT2D eigenvalue weighted by atomic mass is 9.63. The SMILES string of the molecule is C1=CC2=c3c(c4c(c5ccccc35)=c3c(ccc5ccccc35)=N4)C=C2C2(C1)CCCCC2. The molecule has 4 aliphatic rings. The van der Waals surface area contributed by atoms with Gasteiger partial charge in [-0.3, -0.25) is 0 Å². The van der Waals surface area contributed by atoms with E-state index in [0.717, 1.165) is 5.36 Å². The van der Waals surface area contributed by atoms with Crippen LogP contribution in [0.4, 0.5) is 5.69 Å². The van der Waals surface area contributed by atoms with Gasteiger partial charge in [-0.15, -0.1) is 0 Å². The van der Waals surface area contributed by atoms with Crippen molar-refractivity contribution in [1.29, 1.82) is 0 Å². The molecule has 4 aromatic carbocycles. The van der Waals surface area contributed by atoms with Crippen molar-refractivity contribution in [2.45, 2.75) is 38.5 Å². The number of rotatable bonds is 0. The standard InChI is InChI=1S/C32H25N/c1-6-16-32(17-7-1)18-8-13-24-26(32)19-25-28(24)22-11-4-5-12-23(22)30-29-21-10-3-2-9-20(21)14-15-27(29)33-31(25)30/h2-5,8-15,19H,1,6-7,16-18H2. The lowest BCUT2D eigenvalue weighted by Gasteiger charge is -2.41. The summed E-state index contributed by atoms with van der Waals surface area (Å²) in [4.78, 5) is 5.30. The lowest BCUT2D eigenvalue weighted by Crippen LogP contribution is -2.28. The first kappa shape index (κ1) is 18.0. The van der Waals surface area contributed by atoms with E-state index in [-0.39, 0.29) is 0 Å². The van der Waals surface area contributed by atoms with Gasteiger partial charge in [0.1, 0.15) is 0 Å². The van der Waals surface area contributed by atoms with E-state index in [9.17, 15) is 0 Å². The number of nitrogens with zero attached hydrogens (tertiary/aromatic N) is 1. The maximum atomic E-state index is 5.30. The van der Waals surface area contributed by atoms with Crippen LogP contribution < -0.4 is 10.6 Å². The molecule has 1 aliphatic heterocycles. The van der Waals surface area contributed by atoms with Crippen molar-refractivity contribution in [3.8, 4) is 0 Å². The summed E-state index contributed by atoms with van der Waals surface area (Å²) in [7, 11) is 0. The molecular weight excluding hydrogens is 398 g/mol. The molecule has 1 heterocycles. The van der Waals surface area contributed by atoms with Gasteiger partial charge in [0, 0.05) is 16.0 Å². The van der Waals surface area contributed by atoms with Gasteiger partial charge in [-0.1, -0.05) is 86.0 Å². The van der Waals surface area contributed by atoms with Gasteiger partial charge >= 0.3 is 0 Å². The quantitative estimate of drug-likeness (QED) is 0.254. The topological polar surface area (TPSA) is 12.4 Å². The van der Waals surface area contributed by atoms with Crippen molar-refractivity contribution in [2.75, 3.05) is 0 Å². The zero-order valence-corrected chi connectivity index (χ0v) is 18.7. The molecule has 4 aromatic rings. The fourth-order valence-electron chi connectivity index (χ4n) is 7.16. The predicted molar refractivity (Wildman–Crippen MR) is 137 cm³/mol. The minimum atomic E-state index is 0.327. The molecule has 1 fully saturated rings. The summed E-state index contributed by atoms with van der Waals surface area (Å²) in [5.74, 6) is 0. The summed E-state index contributed by atoms with van der Waals surface area (Å²) in [6, 6.07) is 22.2. The maximum absolute atomic E-state index is 5.30. The van der Waals surface area contributed by atoms with E-state index >= 15 is 0 Å². The minimum absolute atomic E-state index is 0.327. The smallest absolute Gasteiger partial charge is 0.0801 e. The highest BCUT2D eigenvalue weighted by atomic mass is 14.8. The van der Waals surface area contributed by atoms with Gasteiger partial charge in [-0.25, -0.2) is 4.99 Å². The summed E-state index contributed by atoms with van der Waals surface area (Å²) in [5, 5.41) is 10.5. The van der Waals surface area contributed by atoms with E-state index in [4.69, 9.17) is 4.99 Å². The Morgan fingerprint density at radius 3 is 2.30 bits per heavy atom. The van der Waals surface area contributed by atoms with Crippen LogP contribution in [0.15, 0.2) is 83.4 Å². The predicted octanol–water partition coefficient (Wildman–Crippen LogP) is 7.00. The Kier molecular flexibility index (Phi) is 3.45. The highest BCUT2D eigenvalue weighted by Crippen LogP contribution is 2.53. The molecule has 1 heteroatoms. The summed E-state index contributed by atoms with van der Waals surface area (Å²) in [6.07, 6.45) is 15.3. The van der Waals surface area contributed by atoms with Crippen LogP contribution in [0.25, 0.3) is 33.2 Å². The van der Waals surface area contributed by atoms with Gasteiger partial charge < -0.3 is 0 Å². The number of allylic oxidation sites excluding steroid dienone is 3. The highest BCUT2D eigenvalue weighted by molar-refractivity contribution is 6.02. The Balaban J connectivity index is 1.61. The van der Waals surface area contributed by atoms with Crippen molar-refractivity contribution in [3.63, 3.8) is 0 Å². The van der Waals surface area contributed by atoms with Crippen molar-refractivity contribution >= 4 is 38.9 Å². The average molecular weight is 424 g/mol. The van der Waals surface area contributed by atoms with Crippen LogP contribution >= 0.6 is 0 Å². The molecule has 0 unspecified atom stereocenters. The van der Waals surface area contributed by atoms with E-state index in [1.54, 1.807) is 5.57 Å². The van der Waals surface area contributed by atoms with Gasteiger partial charge in [0.2, 0.25) is 0 Å². The first-order chi connectivity index (χ1) is 16.3. The van der Waals surface area contributed by atoms with Gasteiger partial charge in [0.25, 0.3) is 0 Å². The first-order valence-corrected chi connectivity index (χ1v) is 12.4. The second-order valence-electron chi connectivity index (χ2n) is 10.3. The van der Waals surface area contributed by atoms with Gasteiger partial charge in [0.05, 0.1) is 11.0 Å². The van der Waals surface area contributed by atoms with Crippen molar-refractivity contribution in [2.24, 2.45) is 10.4 Å². The largest absolute Gasteiger partial charge is 0.247 e. The summed E-state index contributed by atoms with van der Waals surface area (Å²) >= 11 is 0. The van der Waals surface area contributed by atoms with Gasteiger partial charge in [-0.2, -0.15) is 0 Å². The minimum Gasteiger partial charge on any atom is -0.247 e. The fourth-order valence-corrected chi connectivity index (χ4v) is 7.16. The normalized spacial score (nSPS) is 19.3. The molecule has 0 aromatic heterocycles. The van der Waals surface area contributed by atoms with Crippen LogP contribution in [0.5, 0.6) is 0 Å². The Morgan fingerprint density at radius 2 is 1.45 bits per heavy atom. The maximum Gasteiger partial charge on any atom is 0.0801 e. The molecule has 8 rings (SSSR count). The third-order valence-corrected chi connectivity index (χ3v) is 8.64. The first-order valence-electron chi connectivity index (χ1n) is 12.4. The molecule has 0 amide bonds. The zero-order chi connectivity index (χ0) is 21.6. The molecule has 33 heavy (non-hydrogen) atoms. The number of fused-ring (bicyclic) bond motifs is 11. The molecule has 0 bridgehead atoms. The number of hydrogen-bond donors (Lipinski definition) is 0.